The number of nitrogens with zero attached hydrogens (tertiary/aromatic N) is 6. The largest absolute Gasteiger partial charge is 0.480 e. The highest BCUT2D eigenvalue weighted by Crippen LogP contribution is 2.33. The Morgan fingerprint density at radius 2 is 1.81 bits per heavy atom. The molecule has 5 rings (SSSR count). The Kier molecular flexibility index (Phi) is 5.92. The van der Waals surface area contributed by atoms with Gasteiger partial charge in [-0.2, -0.15) is 4.98 Å². The lowest BCUT2D eigenvalue weighted by molar-refractivity contribution is 0.385. The third-order valence-corrected chi connectivity index (χ3v) is 7.64. The van der Waals surface area contributed by atoms with Crippen molar-refractivity contribution in [2.45, 2.75) is 10.1 Å². The van der Waals surface area contributed by atoms with Crippen LogP contribution in [-0.4, -0.2) is 59.8 Å². The van der Waals surface area contributed by atoms with Gasteiger partial charge in [-0.15, -0.1) is 10.2 Å². The maximum Gasteiger partial charge on any atom is 0.267 e. The summed E-state index contributed by atoms with van der Waals surface area (Å²) in [6, 6.07) is 6.28. The lowest BCUT2D eigenvalue weighted by atomic mass is 10.0. The summed E-state index contributed by atoms with van der Waals surface area (Å²) in [4.78, 5) is 11.5. The van der Waals surface area contributed by atoms with Crippen molar-refractivity contribution >= 4 is 53.8 Å². The molecule has 4 aromatic heterocycles. The quantitative estimate of drug-likeness (QED) is 0.304. The van der Waals surface area contributed by atoms with E-state index in [-0.39, 0.29) is 43.9 Å². The first-order chi connectivity index (χ1) is 17.5. The molecule has 0 unspecified atom stereocenters. The molecule has 190 valence electrons. The molecule has 0 atom stereocenters. The number of pyridine rings is 2. The van der Waals surface area contributed by atoms with Gasteiger partial charge in [0.15, 0.2) is 16.2 Å². The van der Waals surface area contributed by atoms with E-state index < -0.39 is 30.8 Å². The molecule has 0 aliphatic carbocycles. The maximum atomic E-state index is 15.0. The lowest BCUT2D eigenvalue weighted by Crippen LogP contribution is -2.15. The lowest BCUT2D eigenvalue weighted by Gasteiger charge is -2.13. The smallest absolute Gasteiger partial charge is 0.267 e. The molecular formula is C21H15ClFN7O5S2. The van der Waals surface area contributed by atoms with Crippen molar-refractivity contribution in [3.05, 3.63) is 59.9 Å². The third kappa shape index (κ3) is 4.52. The number of benzene rings is 1. The zero-order valence-electron chi connectivity index (χ0n) is 18.9. The van der Waals surface area contributed by atoms with E-state index in [0.717, 1.165) is 12.3 Å². The molecule has 0 radical (unpaired) electrons. The van der Waals surface area contributed by atoms with Crippen molar-refractivity contribution in [3.8, 4) is 17.0 Å². The summed E-state index contributed by atoms with van der Waals surface area (Å²) >= 11 is 5.92. The molecule has 0 bridgehead atoms. The Hall–Kier alpha value is -3.95. The van der Waals surface area contributed by atoms with Gasteiger partial charge in [-0.3, -0.25) is 9.12 Å². The number of halogens is 2. The summed E-state index contributed by atoms with van der Waals surface area (Å²) < 4.78 is 73.7. The Morgan fingerprint density at radius 3 is 2.54 bits per heavy atom. The highest BCUT2D eigenvalue weighted by molar-refractivity contribution is 7.92. The molecule has 1 N–H and O–H groups in total. The molecule has 12 nitrogen and oxygen atoms in total. The fourth-order valence-electron chi connectivity index (χ4n) is 3.59. The summed E-state index contributed by atoms with van der Waals surface area (Å²) in [7, 11) is -6.66. The van der Waals surface area contributed by atoms with Crippen molar-refractivity contribution in [1.29, 1.82) is 0 Å². The van der Waals surface area contributed by atoms with Gasteiger partial charge in [-0.1, -0.05) is 11.6 Å². The van der Waals surface area contributed by atoms with Crippen LogP contribution in [-0.2, 0) is 19.9 Å². The van der Waals surface area contributed by atoms with E-state index in [1.54, 1.807) is 0 Å². The van der Waals surface area contributed by atoms with Crippen molar-refractivity contribution in [2.24, 2.45) is 0 Å². The van der Waals surface area contributed by atoms with Gasteiger partial charge in [0.1, 0.15) is 12.1 Å². The second kappa shape index (κ2) is 8.86. The van der Waals surface area contributed by atoms with E-state index in [0.29, 0.717) is 5.39 Å². The number of sulfonamides is 1. The van der Waals surface area contributed by atoms with Crippen LogP contribution in [0.25, 0.3) is 27.8 Å². The number of sulfone groups is 1. The van der Waals surface area contributed by atoms with E-state index in [2.05, 4.69) is 29.9 Å². The third-order valence-electron chi connectivity index (χ3n) is 5.20. The number of aromatic nitrogens is 6. The zero-order valence-corrected chi connectivity index (χ0v) is 21.3. The van der Waals surface area contributed by atoms with Crippen LogP contribution < -0.4 is 9.46 Å². The number of fused-ring (bicyclic) bond motifs is 3. The van der Waals surface area contributed by atoms with Crippen LogP contribution in [0.15, 0.2) is 59.1 Å². The highest BCUT2D eigenvalue weighted by atomic mass is 35.5. The minimum atomic E-state index is -4.23. The minimum absolute atomic E-state index is 0.0107. The van der Waals surface area contributed by atoms with Gasteiger partial charge >= 0.3 is 0 Å². The van der Waals surface area contributed by atoms with Crippen molar-refractivity contribution in [1.82, 2.24) is 29.5 Å². The van der Waals surface area contributed by atoms with Crippen LogP contribution in [0.1, 0.15) is 0 Å². The van der Waals surface area contributed by atoms with E-state index >= 15 is 4.39 Å². The predicted octanol–water partition coefficient (Wildman–Crippen LogP) is 2.74. The van der Waals surface area contributed by atoms with Crippen molar-refractivity contribution in [2.75, 3.05) is 18.1 Å². The first-order valence-electron chi connectivity index (χ1n) is 10.2. The van der Waals surface area contributed by atoms with Crippen LogP contribution in [0, 0.1) is 5.82 Å². The molecule has 0 amide bonds. The molecule has 0 aliphatic heterocycles. The van der Waals surface area contributed by atoms with Crippen LogP contribution in [0.4, 0.5) is 10.1 Å². The summed E-state index contributed by atoms with van der Waals surface area (Å²) in [5.74, 6) is -0.852. The first kappa shape index (κ1) is 24.7. The van der Waals surface area contributed by atoms with Gasteiger partial charge in [-0.05, 0) is 30.3 Å². The topological polar surface area (TPSA) is 158 Å². The number of nitrogens with one attached hydrogen (secondary N) is 1. The Labute approximate surface area is 214 Å². The fraction of sp³-hybridized carbons (Fsp3) is 0.0952. The Bertz CT molecular complexity index is 1930. The first-order valence-corrected chi connectivity index (χ1v) is 13.9. The fourth-order valence-corrected chi connectivity index (χ4v) is 5.51. The van der Waals surface area contributed by atoms with Gasteiger partial charge in [0, 0.05) is 40.8 Å². The second-order valence-corrected chi connectivity index (χ2v) is 11.7. The van der Waals surface area contributed by atoms with Gasteiger partial charge in [0.05, 0.1) is 12.1 Å². The average Bonchev–Trinajstić information content (AvgIpc) is 3.34. The van der Waals surface area contributed by atoms with Gasteiger partial charge < -0.3 is 4.74 Å². The van der Waals surface area contributed by atoms with E-state index in [4.69, 9.17) is 16.3 Å². The monoisotopic (exact) mass is 563 g/mol. The number of hydrogen-bond acceptors (Lipinski definition) is 10. The Morgan fingerprint density at radius 1 is 1.03 bits per heavy atom. The van der Waals surface area contributed by atoms with Gasteiger partial charge in [-0.25, -0.2) is 31.2 Å². The number of hydrogen-bond donors (Lipinski definition) is 1. The molecule has 1 aromatic carbocycles. The molecule has 0 spiro atoms. The van der Waals surface area contributed by atoms with E-state index in [1.165, 1.54) is 54.5 Å². The summed E-state index contributed by atoms with van der Waals surface area (Å²) in [5.41, 5.74) is 0.604. The summed E-state index contributed by atoms with van der Waals surface area (Å²) in [6.45, 7) is 0. The molecule has 0 saturated carbocycles. The number of ether oxygens (including phenoxy) is 1. The maximum absolute atomic E-state index is 15.0. The Balaban J connectivity index is 1.64. The van der Waals surface area contributed by atoms with E-state index in [1.807, 2.05) is 0 Å². The SMILES string of the molecule is COc1ncc(Cl)cc1S(=O)(=O)Nc1ccc(F)c(-c2cc3cnc(S(C)(=O)=O)nc3n3cnnc23)c1. The molecule has 16 heteroatoms. The minimum Gasteiger partial charge on any atom is -0.480 e. The highest BCUT2D eigenvalue weighted by Gasteiger charge is 2.23. The van der Waals surface area contributed by atoms with Gasteiger partial charge in [0.2, 0.25) is 20.9 Å². The second-order valence-electron chi connectivity index (χ2n) is 7.75. The number of anilines is 1. The normalized spacial score (nSPS) is 12.2. The molecule has 4 heterocycles. The zero-order chi connectivity index (χ0) is 26.5. The van der Waals surface area contributed by atoms with Crippen LogP contribution in [0.2, 0.25) is 5.02 Å². The molecule has 37 heavy (non-hydrogen) atoms. The van der Waals surface area contributed by atoms with E-state index in [9.17, 15) is 16.8 Å². The van der Waals surface area contributed by atoms with Crippen LogP contribution in [0.3, 0.4) is 0 Å². The number of methoxy groups -OCH3 is 1. The summed E-state index contributed by atoms with van der Waals surface area (Å²) in [5, 5.41) is 7.92. The van der Waals surface area contributed by atoms with Crippen molar-refractivity contribution in [3.63, 3.8) is 0 Å². The van der Waals surface area contributed by atoms with Crippen molar-refractivity contribution < 1.29 is 26.0 Å². The van der Waals surface area contributed by atoms with Gasteiger partial charge in [0.25, 0.3) is 10.0 Å². The van der Waals surface area contributed by atoms with Crippen LogP contribution in [0.5, 0.6) is 5.88 Å². The predicted molar refractivity (Wildman–Crippen MR) is 131 cm³/mol. The molecule has 0 saturated heterocycles. The molecule has 0 fully saturated rings. The van der Waals surface area contributed by atoms with Crippen LogP contribution >= 0.6 is 11.6 Å². The molecule has 0 aliphatic rings. The molecule has 5 aromatic rings. The summed E-state index contributed by atoms with van der Waals surface area (Å²) in [6.07, 6.45) is 4.79. The molecular weight excluding hydrogens is 549 g/mol. The number of rotatable bonds is 6. The standard InChI is InChI=1S/C21H15ClFN7O5S2/c1-35-20-17(6-12(22)9-24-20)37(33,34)29-13-3-4-16(23)14(7-13)15-5-11-8-25-21(36(2,31)32)27-18(11)30-10-26-28-19(15)30/h3-10,29H,1-2H3. The average molecular weight is 564 g/mol.